The number of nitrogens with two attached hydrogens (primary N) is 1. The Morgan fingerprint density at radius 3 is 1.53 bits per heavy atom. The Morgan fingerprint density at radius 1 is 0.553 bits per heavy atom. The lowest BCUT2D eigenvalue weighted by molar-refractivity contribution is -0.124. The zero-order chi connectivity index (χ0) is 72.7. The monoisotopic (exact) mass is 1400 g/mol. The first-order valence-corrected chi connectivity index (χ1v) is 35.8. The summed E-state index contributed by atoms with van der Waals surface area (Å²) in [4.78, 5) is 86.0. The third-order valence-electron chi connectivity index (χ3n) is 17.9. The SMILES string of the molecule is CCN=C1C=C2Oc3cc(NCC)c(C)cc3C(c3ccc(C(=O)CCCOCCOCCOCCCC(=O)CCC(=O)N4Cc5ccccc5C#Cc5ccccc54)cc3C(=O)O)C2C=C1C.NCCOCCOCCOCCCC(=O)CCC(=O)N1Cc2ccccc2C#Cc2ccccc21. The van der Waals surface area contributed by atoms with Crippen LogP contribution in [0.3, 0.4) is 0 Å². The van der Waals surface area contributed by atoms with E-state index in [1.54, 1.807) is 21.9 Å². The van der Waals surface area contributed by atoms with E-state index in [0.717, 1.165) is 79.4 Å². The number of carboxylic acid groups (broad SMARTS) is 1. The summed E-state index contributed by atoms with van der Waals surface area (Å²) in [5.74, 6) is 12.2. The lowest BCUT2D eigenvalue weighted by atomic mass is 9.73. The van der Waals surface area contributed by atoms with Gasteiger partial charge in [-0.2, -0.15) is 0 Å². The first kappa shape index (κ1) is 77.5. The van der Waals surface area contributed by atoms with Crippen molar-refractivity contribution in [1.82, 2.24) is 0 Å². The first-order valence-electron chi connectivity index (χ1n) is 35.8. The summed E-state index contributed by atoms with van der Waals surface area (Å²) in [7, 11) is 0. The van der Waals surface area contributed by atoms with E-state index in [-0.39, 0.29) is 78.7 Å². The molecule has 19 nitrogen and oxygen atoms in total. The maximum Gasteiger partial charge on any atom is 0.336 e. The normalized spacial score (nSPS) is 14.9. The fourth-order valence-corrected chi connectivity index (χ4v) is 12.6. The number of aromatic carboxylic acids is 1. The molecule has 0 saturated heterocycles. The number of aryl methyl sites for hydroxylation is 1. The van der Waals surface area contributed by atoms with Gasteiger partial charge in [0.2, 0.25) is 11.8 Å². The molecule has 0 spiro atoms. The molecule has 2 amide bonds. The van der Waals surface area contributed by atoms with Crippen molar-refractivity contribution in [2.24, 2.45) is 16.6 Å². The largest absolute Gasteiger partial charge is 0.478 e. The number of benzene rings is 6. The molecule has 0 saturated carbocycles. The zero-order valence-electron chi connectivity index (χ0n) is 59.7. The number of ether oxygens (including phenoxy) is 7. The van der Waals surface area contributed by atoms with Crippen molar-refractivity contribution in [3.05, 3.63) is 212 Å². The van der Waals surface area contributed by atoms with Gasteiger partial charge in [0.05, 0.1) is 95.2 Å². The molecule has 540 valence electrons. The van der Waals surface area contributed by atoms with Crippen molar-refractivity contribution in [1.29, 1.82) is 0 Å². The Balaban J connectivity index is 0.000000295. The summed E-state index contributed by atoms with van der Waals surface area (Å²) in [6.45, 7) is 16.0. The number of nitrogens with one attached hydrogen (secondary N) is 1. The van der Waals surface area contributed by atoms with E-state index in [1.165, 1.54) is 6.07 Å². The molecule has 0 aromatic heterocycles. The quantitative estimate of drug-likeness (QED) is 0.0185. The van der Waals surface area contributed by atoms with E-state index in [4.69, 9.17) is 38.9 Å². The molecule has 103 heavy (non-hydrogen) atoms. The molecule has 1 aliphatic carbocycles. The number of rotatable bonds is 38. The maximum atomic E-state index is 13.4. The van der Waals surface area contributed by atoms with Crippen molar-refractivity contribution < 1.29 is 67.0 Å². The lowest BCUT2D eigenvalue weighted by Crippen LogP contribution is -2.32. The van der Waals surface area contributed by atoms with Gasteiger partial charge < -0.3 is 59.1 Å². The highest BCUT2D eigenvalue weighted by molar-refractivity contribution is 6.09. The van der Waals surface area contributed by atoms with Gasteiger partial charge >= 0.3 is 5.97 Å². The van der Waals surface area contributed by atoms with Gasteiger partial charge in [0, 0.05) is 147 Å². The summed E-state index contributed by atoms with van der Waals surface area (Å²) >= 11 is 0. The molecule has 2 atom stereocenters. The van der Waals surface area contributed by atoms with Crippen LogP contribution in [0.15, 0.2) is 156 Å². The fraction of sp³-hybridized carbons (Fsp3) is 0.393. The van der Waals surface area contributed by atoms with Gasteiger partial charge in [-0.1, -0.05) is 103 Å². The van der Waals surface area contributed by atoms with Crippen LogP contribution >= 0.6 is 0 Å². The molecule has 0 fully saturated rings. The number of anilines is 3. The van der Waals surface area contributed by atoms with E-state index in [9.17, 15) is 33.9 Å². The van der Waals surface area contributed by atoms with E-state index < -0.39 is 5.97 Å². The van der Waals surface area contributed by atoms with Crippen molar-refractivity contribution in [3.8, 4) is 29.4 Å². The van der Waals surface area contributed by atoms with Gasteiger partial charge in [0.1, 0.15) is 23.1 Å². The highest BCUT2D eigenvalue weighted by atomic mass is 16.5. The van der Waals surface area contributed by atoms with Crippen LogP contribution in [0, 0.1) is 36.5 Å². The van der Waals surface area contributed by atoms with Gasteiger partial charge in [-0.15, -0.1) is 0 Å². The predicted molar refractivity (Wildman–Crippen MR) is 399 cm³/mol. The number of ketones is 3. The molecule has 19 heteroatoms. The summed E-state index contributed by atoms with van der Waals surface area (Å²) < 4.78 is 39.6. The van der Waals surface area contributed by atoms with Gasteiger partial charge in [0.15, 0.2) is 5.78 Å². The number of amides is 2. The van der Waals surface area contributed by atoms with Gasteiger partial charge in [-0.05, 0) is 123 Å². The predicted octanol–water partition coefficient (Wildman–Crippen LogP) is 12.7. The smallest absolute Gasteiger partial charge is 0.336 e. The minimum atomic E-state index is -1.10. The van der Waals surface area contributed by atoms with E-state index in [1.807, 2.05) is 137 Å². The Kier molecular flexibility index (Phi) is 30.7. The minimum absolute atomic E-state index is 0.0204. The maximum absolute atomic E-state index is 13.4. The molecular formula is C84H95N5O14. The molecule has 10 rings (SSSR count). The second-order valence-corrected chi connectivity index (χ2v) is 25.3. The van der Waals surface area contributed by atoms with Crippen molar-refractivity contribution >= 4 is 57.9 Å². The number of nitrogens with zero attached hydrogens (tertiary/aromatic N) is 3. The van der Waals surface area contributed by atoms with Crippen LogP contribution in [-0.2, 0) is 60.7 Å². The van der Waals surface area contributed by atoms with Crippen LogP contribution in [0.1, 0.15) is 162 Å². The average molecular weight is 1400 g/mol. The molecule has 6 aromatic rings. The molecule has 2 unspecified atom stereocenters. The Morgan fingerprint density at radius 2 is 1.03 bits per heavy atom. The molecule has 4 N–H and O–H groups in total. The molecule has 0 radical (unpaired) electrons. The molecular weight excluding hydrogens is 1300 g/mol. The summed E-state index contributed by atoms with van der Waals surface area (Å²) in [5.41, 5.74) is 18.0. The molecule has 0 bridgehead atoms. The van der Waals surface area contributed by atoms with Crippen molar-refractivity contribution in [2.75, 3.05) is 114 Å². The number of carbonyl (C=O) groups is 6. The highest BCUT2D eigenvalue weighted by Crippen LogP contribution is 2.50. The van der Waals surface area contributed by atoms with E-state index in [2.05, 4.69) is 46.1 Å². The van der Waals surface area contributed by atoms with Crippen LogP contribution in [0.5, 0.6) is 5.75 Å². The van der Waals surface area contributed by atoms with Crippen molar-refractivity contribution in [2.45, 2.75) is 111 Å². The summed E-state index contributed by atoms with van der Waals surface area (Å²) in [6.07, 6.45) is 7.33. The number of allylic oxidation sites excluding steroid dienone is 3. The van der Waals surface area contributed by atoms with E-state index >= 15 is 0 Å². The minimum Gasteiger partial charge on any atom is -0.478 e. The second-order valence-electron chi connectivity index (χ2n) is 25.3. The van der Waals surface area contributed by atoms with Gasteiger partial charge in [-0.25, -0.2) is 4.79 Å². The summed E-state index contributed by atoms with van der Waals surface area (Å²) in [5, 5.41) is 13.9. The van der Waals surface area contributed by atoms with Crippen LogP contribution in [0.25, 0.3) is 0 Å². The Hall–Kier alpha value is -9.67. The number of Topliss-reactive ketones (excluding diaryl/α,β-unsaturated/α-hetero) is 3. The Labute approximate surface area is 605 Å². The highest BCUT2D eigenvalue weighted by Gasteiger charge is 2.40. The first-order chi connectivity index (χ1) is 50.2. The lowest BCUT2D eigenvalue weighted by Gasteiger charge is -2.37. The standard InChI is InChI=1S/C56H61N3O9.C28H34N2O5/c1-5-57-48-34-52-46(31-37(48)3)55(47-32-38(4)49(58-6-2)35-53(47)68-52)44-23-21-41(33-45(44)56(63)64)51(61)18-12-26-66-28-30-67-29-27-65-25-11-16-43(60)22-24-54(62)59-36-42-15-8-7-13-39(42)19-20-40-14-9-10-17-50(40)59;29-15-17-34-19-21-35-20-18-33-16-5-9-26(31)13-14-28(32)30-22-25-8-2-1-6-23(25)11-12-24-7-3-4-10-27(24)30/h7-10,13-15,17,21,23,31-35,46,55,58H,5-6,11-12,16,18,22,24-30,36H2,1-4H3,(H,63,64);1-4,6-8,10H,5,9,13-22,29H2. The van der Waals surface area contributed by atoms with Crippen LogP contribution < -0.4 is 25.6 Å². The molecule has 3 heterocycles. The molecule has 6 aromatic carbocycles. The van der Waals surface area contributed by atoms with Crippen molar-refractivity contribution in [3.63, 3.8) is 0 Å². The van der Waals surface area contributed by atoms with E-state index in [0.29, 0.717) is 160 Å². The Bertz CT molecular complexity index is 4170. The number of fused-ring (bicyclic) bond motifs is 6. The topological polar surface area (TPSA) is 244 Å². The third kappa shape index (κ3) is 22.7. The average Bonchev–Trinajstić information content (AvgIpc) is 0.764. The number of hydrogen-bond donors (Lipinski definition) is 3. The number of aliphatic imine (C=N–C) groups is 1. The van der Waals surface area contributed by atoms with Gasteiger partial charge in [-0.3, -0.25) is 29.0 Å². The number of carboxylic acids is 1. The van der Waals surface area contributed by atoms with Crippen LogP contribution in [0.4, 0.5) is 17.1 Å². The fourth-order valence-electron chi connectivity index (χ4n) is 12.6. The van der Waals surface area contributed by atoms with Gasteiger partial charge in [0.25, 0.3) is 0 Å². The van der Waals surface area contributed by atoms with Crippen LogP contribution in [0.2, 0.25) is 0 Å². The number of carbonyl (C=O) groups excluding carboxylic acids is 5. The zero-order valence-corrected chi connectivity index (χ0v) is 59.7. The number of para-hydroxylation sites is 2. The molecule has 4 aliphatic rings. The summed E-state index contributed by atoms with van der Waals surface area (Å²) in [6, 6.07) is 40.0. The third-order valence-corrected chi connectivity index (χ3v) is 17.9. The second kappa shape index (κ2) is 40.8. The number of hydrogen-bond acceptors (Lipinski definition) is 16. The van der Waals surface area contributed by atoms with Crippen LogP contribution in [-0.4, -0.2) is 145 Å². The molecule has 3 aliphatic heterocycles.